The molecule has 1 atom stereocenters. The zero-order valence-corrected chi connectivity index (χ0v) is 23.6. The topological polar surface area (TPSA) is 54.3 Å². The van der Waals surface area contributed by atoms with Crippen molar-refractivity contribution in [2.45, 2.75) is 44.3 Å². The standard InChI is InChI=1S/C31H36Cl2N2O3/c1-23-8-6-7-9-25(23)21-38-22-30(34-37-2)27(24-12-13-28(32)29(33)20-24)14-17-35-18-15-31(36,16-19-35)26-10-4-3-5-11-26/h3-13,20,27,36H,14-19,21-22H2,1-2H3/b34-30+. The van der Waals surface area contributed by atoms with E-state index in [1.54, 1.807) is 7.11 Å². The van der Waals surface area contributed by atoms with E-state index in [9.17, 15) is 5.11 Å². The number of benzene rings is 3. The Morgan fingerprint density at radius 2 is 1.71 bits per heavy atom. The lowest BCUT2D eigenvalue weighted by Crippen LogP contribution is -2.43. The van der Waals surface area contributed by atoms with Crippen molar-refractivity contribution in [3.05, 3.63) is 105 Å². The largest absolute Gasteiger partial charge is 0.399 e. The molecule has 4 rings (SSSR count). The highest BCUT2D eigenvalue weighted by Crippen LogP contribution is 2.34. The van der Waals surface area contributed by atoms with Gasteiger partial charge in [0.05, 0.1) is 34.6 Å². The van der Waals surface area contributed by atoms with Crippen molar-refractivity contribution < 1.29 is 14.7 Å². The number of nitrogens with zero attached hydrogens (tertiary/aromatic N) is 2. The third-order valence-electron chi connectivity index (χ3n) is 7.45. The molecule has 1 aliphatic heterocycles. The van der Waals surface area contributed by atoms with Crippen LogP contribution in [0, 0.1) is 6.92 Å². The number of halogens is 2. The van der Waals surface area contributed by atoms with Crippen molar-refractivity contribution in [1.82, 2.24) is 4.90 Å². The molecule has 202 valence electrons. The van der Waals surface area contributed by atoms with Gasteiger partial charge in [-0.2, -0.15) is 0 Å². The van der Waals surface area contributed by atoms with Gasteiger partial charge in [-0.1, -0.05) is 89.0 Å². The highest BCUT2D eigenvalue weighted by atomic mass is 35.5. The van der Waals surface area contributed by atoms with Crippen molar-refractivity contribution in [1.29, 1.82) is 0 Å². The smallest absolute Gasteiger partial charge is 0.106 e. The first-order chi connectivity index (χ1) is 18.4. The zero-order chi connectivity index (χ0) is 27.0. The van der Waals surface area contributed by atoms with Crippen molar-refractivity contribution in [2.24, 2.45) is 5.16 Å². The second-order valence-corrected chi connectivity index (χ2v) is 10.8. The summed E-state index contributed by atoms with van der Waals surface area (Å²) in [6, 6.07) is 23.9. The average molecular weight is 556 g/mol. The summed E-state index contributed by atoms with van der Waals surface area (Å²) < 4.78 is 6.12. The van der Waals surface area contributed by atoms with Crippen LogP contribution in [0.2, 0.25) is 10.0 Å². The number of oxime groups is 1. The van der Waals surface area contributed by atoms with Crippen LogP contribution in [0.5, 0.6) is 0 Å². The summed E-state index contributed by atoms with van der Waals surface area (Å²) in [5.41, 5.74) is 4.39. The number of aliphatic hydroxyl groups is 1. The molecule has 5 nitrogen and oxygen atoms in total. The minimum atomic E-state index is -0.771. The first kappa shape index (κ1) is 28.6. The maximum absolute atomic E-state index is 11.2. The van der Waals surface area contributed by atoms with Crippen LogP contribution < -0.4 is 0 Å². The van der Waals surface area contributed by atoms with Crippen LogP contribution in [0.3, 0.4) is 0 Å². The van der Waals surface area contributed by atoms with Gasteiger partial charge in [-0.05, 0) is 67.1 Å². The first-order valence-corrected chi connectivity index (χ1v) is 13.8. The molecule has 0 spiro atoms. The molecule has 3 aromatic carbocycles. The quantitative estimate of drug-likeness (QED) is 0.205. The SMILES string of the molecule is CO/N=C(\COCc1ccccc1C)C(CCN1CCC(O)(c2ccccc2)CC1)c1ccc(Cl)c(Cl)c1. The Morgan fingerprint density at radius 3 is 2.39 bits per heavy atom. The average Bonchev–Trinajstić information content (AvgIpc) is 2.93. The van der Waals surface area contributed by atoms with E-state index in [4.69, 9.17) is 32.8 Å². The van der Waals surface area contributed by atoms with Gasteiger partial charge < -0.3 is 19.6 Å². The molecule has 0 amide bonds. The fourth-order valence-corrected chi connectivity index (χ4v) is 5.40. The van der Waals surface area contributed by atoms with Crippen molar-refractivity contribution in [3.8, 4) is 0 Å². The normalized spacial score (nSPS) is 16.8. The van der Waals surface area contributed by atoms with E-state index < -0.39 is 5.60 Å². The maximum atomic E-state index is 11.2. The van der Waals surface area contributed by atoms with Crippen molar-refractivity contribution in [3.63, 3.8) is 0 Å². The number of likely N-dealkylation sites (tertiary alicyclic amines) is 1. The summed E-state index contributed by atoms with van der Waals surface area (Å²) in [5, 5.41) is 16.7. The van der Waals surface area contributed by atoms with E-state index >= 15 is 0 Å². The second-order valence-electron chi connectivity index (χ2n) is 9.94. The first-order valence-electron chi connectivity index (χ1n) is 13.1. The Balaban J connectivity index is 1.45. The van der Waals surface area contributed by atoms with Crippen LogP contribution in [0.15, 0.2) is 78.0 Å². The molecular weight excluding hydrogens is 519 g/mol. The van der Waals surface area contributed by atoms with Gasteiger partial charge in [-0.25, -0.2) is 0 Å². The summed E-state index contributed by atoms with van der Waals surface area (Å²) in [7, 11) is 1.56. The monoisotopic (exact) mass is 554 g/mol. The summed E-state index contributed by atoms with van der Waals surface area (Å²) in [4.78, 5) is 7.66. The highest BCUT2D eigenvalue weighted by Gasteiger charge is 2.34. The molecule has 0 aliphatic carbocycles. The van der Waals surface area contributed by atoms with Crippen LogP contribution >= 0.6 is 23.2 Å². The molecule has 1 aliphatic rings. The molecule has 7 heteroatoms. The Labute approximate surface area is 236 Å². The Kier molecular flexibility index (Phi) is 10.2. The van der Waals surface area contributed by atoms with Crippen LogP contribution in [-0.4, -0.2) is 49.1 Å². The van der Waals surface area contributed by atoms with E-state index in [-0.39, 0.29) is 5.92 Å². The molecule has 0 radical (unpaired) electrons. The van der Waals surface area contributed by atoms with Crippen LogP contribution in [0.25, 0.3) is 0 Å². The van der Waals surface area contributed by atoms with Gasteiger partial charge >= 0.3 is 0 Å². The van der Waals surface area contributed by atoms with Gasteiger partial charge in [0, 0.05) is 19.0 Å². The fraction of sp³-hybridized carbons (Fsp3) is 0.387. The lowest BCUT2D eigenvalue weighted by Gasteiger charge is -2.39. The maximum Gasteiger partial charge on any atom is 0.106 e. The highest BCUT2D eigenvalue weighted by molar-refractivity contribution is 6.42. The van der Waals surface area contributed by atoms with Gasteiger partial charge in [-0.15, -0.1) is 0 Å². The van der Waals surface area contributed by atoms with Gasteiger partial charge in [-0.3, -0.25) is 0 Å². The molecule has 1 heterocycles. The summed E-state index contributed by atoms with van der Waals surface area (Å²) in [6.07, 6.45) is 2.21. The van der Waals surface area contributed by atoms with Crippen molar-refractivity contribution in [2.75, 3.05) is 33.4 Å². The number of hydrogen-bond donors (Lipinski definition) is 1. The third kappa shape index (κ3) is 7.37. The van der Waals surface area contributed by atoms with Gasteiger partial charge in [0.1, 0.15) is 7.11 Å². The third-order valence-corrected chi connectivity index (χ3v) is 8.19. The molecule has 1 saturated heterocycles. The minimum absolute atomic E-state index is 0.0588. The van der Waals surface area contributed by atoms with Crippen LogP contribution in [0.4, 0.5) is 0 Å². The van der Waals surface area contributed by atoms with Crippen molar-refractivity contribution >= 4 is 28.9 Å². The molecule has 0 saturated carbocycles. The minimum Gasteiger partial charge on any atom is -0.399 e. The number of ether oxygens (including phenoxy) is 1. The van der Waals surface area contributed by atoms with Gasteiger partial charge in [0.25, 0.3) is 0 Å². The lowest BCUT2D eigenvalue weighted by molar-refractivity contribution is -0.0261. The molecule has 1 N–H and O–H groups in total. The van der Waals surface area contributed by atoms with E-state index in [1.165, 1.54) is 5.56 Å². The Hall–Kier alpha value is -2.41. The molecular formula is C31H36Cl2N2O3. The van der Waals surface area contributed by atoms with E-state index in [0.717, 1.165) is 48.5 Å². The van der Waals surface area contributed by atoms with Gasteiger partial charge in [0.2, 0.25) is 0 Å². The van der Waals surface area contributed by atoms with Crippen LogP contribution in [-0.2, 0) is 21.8 Å². The Bertz CT molecular complexity index is 1210. The number of hydrogen-bond acceptors (Lipinski definition) is 5. The van der Waals surface area contributed by atoms with E-state index in [1.807, 2.05) is 60.7 Å². The molecule has 0 aromatic heterocycles. The predicted molar refractivity (Wildman–Crippen MR) is 155 cm³/mol. The van der Waals surface area contributed by atoms with E-state index in [0.29, 0.717) is 36.1 Å². The summed E-state index contributed by atoms with van der Waals surface area (Å²) in [6.45, 7) is 5.39. The Morgan fingerprint density at radius 1 is 1.00 bits per heavy atom. The number of rotatable bonds is 11. The second kappa shape index (κ2) is 13.6. The summed E-state index contributed by atoms with van der Waals surface area (Å²) >= 11 is 12.6. The molecule has 1 fully saturated rings. The fourth-order valence-electron chi connectivity index (χ4n) is 5.10. The number of piperidine rings is 1. The molecule has 0 bridgehead atoms. The molecule has 1 unspecified atom stereocenters. The molecule has 38 heavy (non-hydrogen) atoms. The van der Waals surface area contributed by atoms with Gasteiger partial charge in [0.15, 0.2) is 0 Å². The predicted octanol–water partition coefficient (Wildman–Crippen LogP) is 6.98. The summed E-state index contributed by atoms with van der Waals surface area (Å²) in [5.74, 6) is -0.0588. The van der Waals surface area contributed by atoms with Crippen LogP contribution in [0.1, 0.15) is 47.4 Å². The zero-order valence-electron chi connectivity index (χ0n) is 22.1. The van der Waals surface area contributed by atoms with E-state index in [2.05, 4.69) is 29.1 Å². The number of aryl methyl sites for hydroxylation is 1. The lowest BCUT2D eigenvalue weighted by atomic mass is 9.84. The molecule has 3 aromatic rings.